The maximum atomic E-state index is 13.0. The summed E-state index contributed by atoms with van der Waals surface area (Å²) in [4.78, 5) is 13.0. The second kappa shape index (κ2) is 9.57. The lowest BCUT2D eigenvalue weighted by Gasteiger charge is -2.37. The summed E-state index contributed by atoms with van der Waals surface area (Å²) >= 11 is 0. The van der Waals surface area contributed by atoms with Crippen molar-refractivity contribution >= 4 is 28.3 Å². The maximum absolute atomic E-state index is 13.0. The van der Waals surface area contributed by atoms with Crippen molar-refractivity contribution in [2.24, 2.45) is 11.3 Å². The molecule has 8 heteroatoms. The van der Waals surface area contributed by atoms with Crippen LogP contribution >= 0.6 is 12.4 Å². The third-order valence-corrected chi connectivity index (χ3v) is 7.33. The van der Waals surface area contributed by atoms with E-state index in [4.69, 9.17) is 0 Å². The van der Waals surface area contributed by atoms with Crippen LogP contribution in [-0.2, 0) is 27.1 Å². The third kappa shape index (κ3) is 5.26. The SMILES string of the molecule is CC(C)NS(=O)(=O)Cc1ccccc1CNC(=O)[C@@]12CCCC[C@H]1CNC2.Cl. The lowest BCUT2D eigenvalue weighted by molar-refractivity contribution is -0.134. The maximum Gasteiger partial charge on any atom is 0.228 e. The van der Waals surface area contributed by atoms with Gasteiger partial charge < -0.3 is 10.6 Å². The van der Waals surface area contributed by atoms with Crippen molar-refractivity contribution in [1.29, 1.82) is 0 Å². The molecule has 1 amide bonds. The standard InChI is InChI=1S/C20H31N3O3S.ClH/c1-15(2)23-27(25,26)13-17-8-4-3-7-16(17)11-22-19(24)20-10-6-5-9-18(20)12-21-14-20;/h3-4,7-8,15,18,21,23H,5-6,9-14H2,1-2H3,(H,22,24);1H/t18-,20+;/m0./s1. The van der Waals surface area contributed by atoms with E-state index in [1.165, 1.54) is 6.42 Å². The van der Waals surface area contributed by atoms with E-state index in [0.717, 1.165) is 43.5 Å². The highest BCUT2D eigenvalue weighted by Gasteiger charge is 2.49. The molecule has 1 aliphatic carbocycles. The summed E-state index contributed by atoms with van der Waals surface area (Å²) in [5.41, 5.74) is 1.29. The van der Waals surface area contributed by atoms with Gasteiger partial charge in [-0.3, -0.25) is 4.79 Å². The summed E-state index contributed by atoms with van der Waals surface area (Å²) in [6, 6.07) is 7.29. The Morgan fingerprint density at radius 1 is 1.25 bits per heavy atom. The normalized spacial score (nSPS) is 24.5. The van der Waals surface area contributed by atoms with Gasteiger partial charge in [0, 0.05) is 19.1 Å². The van der Waals surface area contributed by atoms with Crippen molar-refractivity contribution in [3.8, 4) is 0 Å². The van der Waals surface area contributed by atoms with Crippen LogP contribution in [0.3, 0.4) is 0 Å². The molecule has 3 N–H and O–H groups in total. The number of hydrogen-bond acceptors (Lipinski definition) is 4. The van der Waals surface area contributed by atoms with E-state index in [-0.39, 0.29) is 35.5 Å². The highest BCUT2D eigenvalue weighted by Crippen LogP contribution is 2.43. The molecule has 0 spiro atoms. The predicted molar refractivity (Wildman–Crippen MR) is 114 cm³/mol. The molecule has 28 heavy (non-hydrogen) atoms. The lowest BCUT2D eigenvalue weighted by atomic mass is 9.67. The van der Waals surface area contributed by atoms with Gasteiger partial charge in [-0.15, -0.1) is 12.4 Å². The Balaban J connectivity index is 0.00000280. The monoisotopic (exact) mass is 429 g/mol. The largest absolute Gasteiger partial charge is 0.351 e. The quantitative estimate of drug-likeness (QED) is 0.620. The average molecular weight is 430 g/mol. The lowest BCUT2D eigenvalue weighted by Crippen LogP contribution is -2.47. The topological polar surface area (TPSA) is 87.3 Å². The Bertz CT molecular complexity index is 785. The summed E-state index contributed by atoms with van der Waals surface area (Å²) in [6.45, 7) is 5.64. The second-order valence-electron chi connectivity index (χ2n) is 8.21. The first kappa shape index (κ1) is 23.1. The van der Waals surface area contributed by atoms with Crippen LogP contribution in [0.15, 0.2) is 24.3 Å². The summed E-state index contributed by atoms with van der Waals surface area (Å²) in [5, 5.41) is 6.50. The van der Waals surface area contributed by atoms with Crippen LogP contribution in [0, 0.1) is 11.3 Å². The zero-order valence-corrected chi connectivity index (χ0v) is 18.3. The Morgan fingerprint density at radius 2 is 1.96 bits per heavy atom. The Hall–Kier alpha value is -1.15. The number of rotatable bonds is 7. The first-order valence-corrected chi connectivity index (χ1v) is 11.5. The molecule has 2 aliphatic rings. The third-order valence-electron chi connectivity index (χ3n) is 5.81. The number of nitrogens with one attached hydrogen (secondary N) is 3. The van der Waals surface area contributed by atoms with Gasteiger partial charge in [0.2, 0.25) is 15.9 Å². The number of carbonyl (C=O) groups is 1. The molecule has 3 rings (SSSR count). The van der Waals surface area contributed by atoms with Gasteiger partial charge in [0.1, 0.15) is 0 Å². The number of fused-ring (bicyclic) bond motifs is 1. The Labute approximate surface area is 174 Å². The molecule has 1 saturated carbocycles. The Kier molecular flexibility index (Phi) is 7.90. The number of halogens is 1. The second-order valence-corrected chi connectivity index (χ2v) is 9.97. The number of benzene rings is 1. The van der Waals surface area contributed by atoms with E-state index in [0.29, 0.717) is 12.5 Å². The summed E-state index contributed by atoms with van der Waals surface area (Å²) in [6.07, 6.45) is 4.34. The fourth-order valence-corrected chi connectivity index (χ4v) is 6.01. The summed E-state index contributed by atoms with van der Waals surface area (Å²) in [5.74, 6) is 0.444. The van der Waals surface area contributed by atoms with Crippen molar-refractivity contribution in [3.05, 3.63) is 35.4 Å². The van der Waals surface area contributed by atoms with Crippen LogP contribution in [0.5, 0.6) is 0 Å². The van der Waals surface area contributed by atoms with E-state index in [2.05, 4.69) is 15.4 Å². The molecule has 1 heterocycles. The van der Waals surface area contributed by atoms with Gasteiger partial charge in [-0.2, -0.15) is 0 Å². The zero-order chi connectivity index (χ0) is 19.5. The molecule has 1 saturated heterocycles. The molecular formula is C20H32ClN3O3S. The molecule has 1 aliphatic heterocycles. The molecule has 2 atom stereocenters. The molecule has 6 nitrogen and oxygen atoms in total. The fraction of sp³-hybridized carbons (Fsp3) is 0.650. The van der Waals surface area contributed by atoms with Gasteiger partial charge in [0.05, 0.1) is 11.2 Å². The predicted octanol–water partition coefficient (Wildman–Crippen LogP) is 2.33. The van der Waals surface area contributed by atoms with Gasteiger partial charge in [0.15, 0.2) is 0 Å². The van der Waals surface area contributed by atoms with Crippen LogP contribution in [0.2, 0.25) is 0 Å². The van der Waals surface area contributed by atoms with Gasteiger partial charge in [0.25, 0.3) is 0 Å². The first-order chi connectivity index (χ1) is 12.8. The van der Waals surface area contributed by atoms with E-state index >= 15 is 0 Å². The Morgan fingerprint density at radius 3 is 2.68 bits per heavy atom. The summed E-state index contributed by atoms with van der Waals surface area (Å²) < 4.78 is 27.2. The van der Waals surface area contributed by atoms with Crippen molar-refractivity contribution in [1.82, 2.24) is 15.4 Å². The zero-order valence-electron chi connectivity index (χ0n) is 16.7. The molecule has 1 aromatic rings. The van der Waals surface area contributed by atoms with E-state index in [9.17, 15) is 13.2 Å². The molecule has 0 aromatic heterocycles. The van der Waals surface area contributed by atoms with Gasteiger partial charge >= 0.3 is 0 Å². The minimum Gasteiger partial charge on any atom is -0.351 e. The van der Waals surface area contributed by atoms with E-state index in [1.807, 2.05) is 24.3 Å². The van der Waals surface area contributed by atoms with Gasteiger partial charge in [-0.25, -0.2) is 13.1 Å². The fourth-order valence-electron chi connectivity index (χ4n) is 4.52. The van der Waals surface area contributed by atoms with Crippen molar-refractivity contribution in [2.75, 3.05) is 13.1 Å². The minimum atomic E-state index is -3.40. The smallest absolute Gasteiger partial charge is 0.228 e. The molecule has 2 fully saturated rings. The minimum absolute atomic E-state index is 0. The number of hydrogen-bond donors (Lipinski definition) is 3. The van der Waals surface area contributed by atoms with E-state index in [1.54, 1.807) is 13.8 Å². The highest BCUT2D eigenvalue weighted by molar-refractivity contribution is 7.88. The molecule has 1 aromatic carbocycles. The molecule has 158 valence electrons. The van der Waals surface area contributed by atoms with Crippen LogP contribution in [0.1, 0.15) is 50.7 Å². The molecule has 0 radical (unpaired) electrons. The number of amides is 1. The number of sulfonamides is 1. The van der Waals surface area contributed by atoms with Gasteiger partial charge in [-0.1, -0.05) is 37.1 Å². The first-order valence-electron chi connectivity index (χ1n) is 9.88. The molecule has 0 bridgehead atoms. The molecular weight excluding hydrogens is 398 g/mol. The highest BCUT2D eigenvalue weighted by atomic mass is 35.5. The van der Waals surface area contributed by atoms with Crippen LogP contribution in [0.4, 0.5) is 0 Å². The van der Waals surface area contributed by atoms with Crippen LogP contribution in [0.25, 0.3) is 0 Å². The van der Waals surface area contributed by atoms with Crippen LogP contribution in [-0.4, -0.2) is 33.5 Å². The van der Waals surface area contributed by atoms with Crippen LogP contribution < -0.4 is 15.4 Å². The summed E-state index contributed by atoms with van der Waals surface area (Å²) in [7, 11) is -3.40. The van der Waals surface area contributed by atoms with Gasteiger partial charge in [-0.05, 0) is 50.3 Å². The number of carbonyl (C=O) groups excluding carboxylic acids is 1. The average Bonchev–Trinajstić information content (AvgIpc) is 3.04. The van der Waals surface area contributed by atoms with Crippen molar-refractivity contribution in [2.45, 2.75) is 57.9 Å². The van der Waals surface area contributed by atoms with Crippen molar-refractivity contribution in [3.63, 3.8) is 0 Å². The molecule has 0 unspecified atom stereocenters. The van der Waals surface area contributed by atoms with Crippen molar-refractivity contribution < 1.29 is 13.2 Å². The van der Waals surface area contributed by atoms with E-state index < -0.39 is 10.0 Å².